The molecule has 2 nitrogen and oxygen atoms in total. The Morgan fingerprint density at radius 3 is 2.56 bits per heavy atom. The van der Waals surface area contributed by atoms with Crippen LogP contribution in [-0.4, -0.2) is 4.98 Å². The zero-order valence-electron chi connectivity index (χ0n) is 5.81. The summed E-state index contributed by atoms with van der Waals surface area (Å²) in [7, 11) is 0. The zero-order chi connectivity index (χ0) is 6.85. The molecule has 0 aliphatic rings. The molecule has 0 saturated carbocycles. The third-order valence-electron chi connectivity index (χ3n) is 1.49. The third kappa shape index (κ3) is 1.13. The van der Waals surface area contributed by atoms with Crippen LogP contribution in [0, 0.1) is 6.92 Å². The summed E-state index contributed by atoms with van der Waals surface area (Å²) in [4.78, 5) is 3.07. The minimum atomic E-state index is 0.149. The van der Waals surface area contributed by atoms with E-state index in [9.17, 15) is 0 Å². The van der Waals surface area contributed by atoms with Gasteiger partial charge in [0.25, 0.3) is 0 Å². The number of aromatic amines is 1. The maximum Gasteiger partial charge on any atom is 0.0283 e. The predicted octanol–water partition coefficient (Wildman–Crippen LogP) is 1.34. The van der Waals surface area contributed by atoms with Crippen LogP contribution in [0.4, 0.5) is 0 Å². The summed E-state index contributed by atoms with van der Waals surface area (Å²) in [5.41, 5.74) is 8.01. The molecule has 3 N–H and O–H groups in total. The van der Waals surface area contributed by atoms with Crippen LogP contribution in [-0.2, 0) is 0 Å². The van der Waals surface area contributed by atoms with Crippen LogP contribution in [0.3, 0.4) is 0 Å². The van der Waals surface area contributed by atoms with Crippen molar-refractivity contribution in [3.63, 3.8) is 0 Å². The lowest BCUT2D eigenvalue weighted by atomic mass is 10.1. The molecule has 9 heavy (non-hydrogen) atoms. The number of aryl methyl sites for hydroxylation is 1. The largest absolute Gasteiger partial charge is 0.365 e. The predicted molar refractivity (Wildman–Crippen MR) is 38.1 cm³/mol. The number of rotatable bonds is 1. The van der Waals surface area contributed by atoms with Crippen molar-refractivity contribution >= 4 is 0 Å². The Labute approximate surface area is 55.1 Å². The maximum absolute atomic E-state index is 5.64. The number of H-pyrrole nitrogens is 1. The van der Waals surface area contributed by atoms with Gasteiger partial charge in [-0.1, -0.05) is 0 Å². The smallest absolute Gasteiger partial charge is 0.0283 e. The second-order valence-electron chi connectivity index (χ2n) is 2.35. The molecule has 0 aliphatic heterocycles. The highest BCUT2D eigenvalue weighted by Gasteiger charge is 2.01. The fourth-order valence-corrected chi connectivity index (χ4v) is 0.958. The van der Waals surface area contributed by atoms with Crippen LogP contribution in [0.1, 0.15) is 24.2 Å². The quantitative estimate of drug-likeness (QED) is 0.583. The lowest BCUT2D eigenvalue weighted by Gasteiger charge is -2.01. The van der Waals surface area contributed by atoms with Gasteiger partial charge in [0.05, 0.1) is 0 Å². The lowest BCUT2D eigenvalue weighted by Crippen LogP contribution is -2.04. The maximum atomic E-state index is 5.64. The van der Waals surface area contributed by atoms with E-state index in [1.54, 1.807) is 0 Å². The van der Waals surface area contributed by atoms with Gasteiger partial charge in [0.2, 0.25) is 0 Å². The first kappa shape index (κ1) is 6.36. The molecule has 1 heterocycles. The molecule has 0 aromatic carbocycles. The molecule has 0 bridgehead atoms. The third-order valence-corrected chi connectivity index (χ3v) is 1.49. The van der Waals surface area contributed by atoms with Crippen LogP contribution in [0.5, 0.6) is 0 Å². The van der Waals surface area contributed by atoms with Gasteiger partial charge in [-0.05, 0) is 25.5 Å². The Morgan fingerprint density at radius 2 is 2.33 bits per heavy atom. The summed E-state index contributed by atoms with van der Waals surface area (Å²) in [6.07, 6.45) is 1.91. The molecular formula is C7H12N2. The lowest BCUT2D eigenvalue weighted by molar-refractivity contribution is 0.810. The average Bonchev–Trinajstić information content (AvgIpc) is 2.13. The molecule has 0 fully saturated rings. The number of hydrogen-bond acceptors (Lipinski definition) is 1. The molecule has 1 aromatic rings. The van der Waals surface area contributed by atoms with Crippen LogP contribution >= 0.6 is 0 Å². The fraction of sp³-hybridized carbons (Fsp3) is 0.429. The Kier molecular flexibility index (Phi) is 1.58. The molecule has 2 heteroatoms. The van der Waals surface area contributed by atoms with E-state index in [0.717, 1.165) is 0 Å². The SMILES string of the molecule is Cc1[nH]ccc1[C@@H](C)N. The molecule has 50 valence electrons. The summed E-state index contributed by atoms with van der Waals surface area (Å²) in [5, 5.41) is 0. The van der Waals surface area contributed by atoms with E-state index < -0.39 is 0 Å². The van der Waals surface area contributed by atoms with Crippen molar-refractivity contribution in [2.24, 2.45) is 5.73 Å². The number of nitrogens with two attached hydrogens (primary N) is 1. The highest BCUT2D eigenvalue weighted by molar-refractivity contribution is 5.21. The van der Waals surface area contributed by atoms with Gasteiger partial charge in [0, 0.05) is 17.9 Å². The summed E-state index contributed by atoms with van der Waals surface area (Å²) in [5.74, 6) is 0. The Bertz CT molecular complexity index is 189. The first-order chi connectivity index (χ1) is 4.22. The first-order valence-corrected chi connectivity index (χ1v) is 3.11. The van der Waals surface area contributed by atoms with E-state index in [-0.39, 0.29) is 6.04 Å². The van der Waals surface area contributed by atoms with E-state index in [0.29, 0.717) is 0 Å². The molecule has 0 radical (unpaired) electrons. The van der Waals surface area contributed by atoms with Gasteiger partial charge in [0.15, 0.2) is 0 Å². The molecular weight excluding hydrogens is 112 g/mol. The fourth-order valence-electron chi connectivity index (χ4n) is 0.958. The van der Waals surface area contributed by atoms with Crippen molar-refractivity contribution in [3.8, 4) is 0 Å². The van der Waals surface area contributed by atoms with Crippen molar-refractivity contribution in [1.29, 1.82) is 0 Å². The molecule has 0 spiro atoms. The van der Waals surface area contributed by atoms with Gasteiger partial charge in [-0.25, -0.2) is 0 Å². The topological polar surface area (TPSA) is 41.8 Å². The van der Waals surface area contributed by atoms with E-state index in [4.69, 9.17) is 5.73 Å². The summed E-state index contributed by atoms with van der Waals surface area (Å²) < 4.78 is 0. The highest BCUT2D eigenvalue weighted by Crippen LogP contribution is 2.11. The Morgan fingerprint density at radius 1 is 1.67 bits per heavy atom. The van der Waals surface area contributed by atoms with Crippen molar-refractivity contribution in [3.05, 3.63) is 23.5 Å². The zero-order valence-corrected chi connectivity index (χ0v) is 5.81. The van der Waals surface area contributed by atoms with Crippen molar-refractivity contribution in [2.75, 3.05) is 0 Å². The number of nitrogens with one attached hydrogen (secondary N) is 1. The van der Waals surface area contributed by atoms with E-state index in [1.807, 2.05) is 26.1 Å². The van der Waals surface area contributed by atoms with Gasteiger partial charge in [0.1, 0.15) is 0 Å². The second-order valence-corrected chi connectivity index (χ2v) is 2.35. The van der Waals surface area contributed by atoms with Crippen LogP contribution in [0.25, 0.3) is 0 Å². The standard InChI is InChI=1S/C7H12N2/c1-5(8)7-3-4-9-6(7)2/h3-5,9H,8H2,1-2H3/t5-/m1/s1. The van der Waals surface area contributed by atoms with Crippen LogP contribution in [0.15, 0.2) is 12.3 Å². The Hall–Kier alpha value is -0.760. The highest BCUT2D eigenvalue weighted by atomic mass is 14.7. The summed E-state index contributed by atoms with van der Waals surface area (Å²) in [6.45, 7) is 4.01. The Balaban J connectivity index is 2.94. The van der Waals surface area contributed by atoms with Gasteiger partial charge in [-0.3, -0.25) is 0 Å². The molecule has 0 saturated heterocycles. The molecule has 1 rings (SSSR count). The van der Waals surface area contributed by atoms with Gasteiger partial charge in [-0.2, -0.15) is 0 Å². The van der Waals surface area contributed by atoms with Crippen molar-refractivity contribution < 1.29 is 0 Å². The van der Waals surface area contributed by atoms with Crippen molar-refractivity contribution in [1.82, 2.24) is 4.98 Å². The molecule has 0 amide bonds. The summed E-state index contributed by atoms with van der Waals surface area (Å²) >= 11 is 0. The molecule has 0 aliphatic carbocycles. The molecule has 0 unspecified atom stereocenters. The molecule has 1 aromatic heterocycles. The van der Waals surface area contributed by atoms with Crippen molar-refractivity contribution in [2.45, 2.75) is 19.9 Å². The van der Waals surface area contributed by atoms with E-state index in [2.05, 4.69) is 4.98 Å². The second kappa shape index (κ2) is 2.23. The average molecular weight is 124 g/mol. The molecule has 1 atom stereocenters. The van der Waals surface area contributed by atoms with Crippen LogP contribution < -0.4 is 5.73 Å². The summed E-state index contributed by atoms with van der Waals surface area (Å²) in [6, 6.07) is 2.16. The van der Waals surface area contributed by atoms with Crippen LogP contribution in [0.2, 0.25) is 0 Å². The normalized spacial score (nSPS) is 13.7. The first-order valence-electron chi connectivity index (χ1n) is 3.11. The van der Waals surface area contributed by atoms with Gasteiger partial charge >= 0.3 is 0 Å². The monoisotopic (exact) mass is 124 g/mol. The van der Waals surface area contributed by atoms with Gasteiger partial charge < -0.3 is 10.7 Å². The van der Waals surface area contributed by atoms with E-state index in [1.165, 1.54) is 11.3 Å². The number of aromatic nitrogens is 1. The van der Waals surface area contributed by atoms with Gasteiger partial charge in [-0.15, -0.1) is 0 Å². The minimum Gasteiger partial charge on any atom is -0.365 e. The number of hydrogen-bond donors (Lipinski definition) is 2. The van der Waals surface area contributed by atoms with E-state index >= 15 is 0 Å². The minimum absolute atomic E-state index is 0.149.